The number of carbonyl (C=O) groups is 1. The van der Waals surface area contributed by atoms with Gasteiger partial charge in [0, 0.05) is 18.4 Å². The molecule has 0 fully saturated rings. The summed E-state index contributed by atoms with van der Waals surface area (Å²) in [7, 11) is 3.62. The molecule has 0 spiro atoms. The number of hydrogen-bond acceptors (Lipinski definition) is 9. The summed E-state index contributed by atoms with van der Waals surface area (Å²) < 4.78 is 19.8. The number of aryl methyl sites for hydroxylation is 1. The van der Waals surface area contributed by atoms with Crippen molar-refractivity contribution in [3.05, 3.63) is 72.8 Å². The second-order valence-electron chi connectivity index (χ2n) is 12.9. The minimum atomic E-state index is -0.557. The Bertz CT molecular complexity index is 1850. The highest BCUT2D eigenvalue weighted by atomic mass is 16.6. The third-order valence-electron chi connectivity index (χ3n) is 8.34. The molecule has 0 saturated heterocycles. The lowest BCUT2D eigenvalue weighted by Crippen LogP contribution is -2.44. The molecule has 0 bridgehead atoms. The van der Waals surface area contributed by atoms with Crippen molar-refractivity contribution in [3.8, 4) is 17.2 Å². The number of nitrogens with one attached hydrogen (secondary N) is 1. The lowest BCUT2D eigenvalue weighted by molar-refractivity contribution is -0.447. The first-order valence-electron chi connectivity index (χ1n) is 16.2. The Hall–Kier alpha value is -5.19. The van der Waals surface area contributed by atoms with E-state index in [0.29, 0.717) is 53.8 Å². The summed E-state index contributed by atoms with van der Waals surface area (Å²) in [6, 6.07) is 12.1. The van der Waals surface area contributed by atoms with Gasteiger partial charge in [-0.05, 0) is 98.7 Å². The molecule has 4 aromatic rings. The van der Waals surface area contributed by atoms with E-state index in [1.165, 1.54) is 11.9 Å². The molecular weight excluding hydrogens is 606 g/mol. The first-order valence-corrected chi connectivity index (χ1v) is 16.2. The molecule has 3 heterocycles. The molecular formula is C37H46N7O4+. The van der Waals surface area contributed by atoms with Crippen molar-refractivity contribution < 1.29 is 23.6 Å². The highest BCUT2D eigenvalue weighted by Crippen LogP contribution is 2.39. The van der Waals surface area contributed by atoms with Crippen LogP contribution >= 0.6 is 0 Å². The van der Waals surface area contributed by atoms with Gasteiger partial charge in [-0.1, -0.05) is 20.4 Å². The van der Waals surface area contributed by atoms with E-state index in [0.717, 1.165) is 34.9 Å². The Kier molecular flexibility index (Phi) is 10.2. The van der Waals surface area contributed by atoms with Gasteiger partial charge >= 0.3 is 11.9 Å². The van der Waals surface area contributed by atoms with Crippen LogP contribution in [0.2, 0.25) is 0 Å². The van der Waals surface area contributed by atoms with Crippen LogP contribution in [-0.4, -0.2) is 76.1 Å². The van der Waals surface area contributed by atoms with Crippen molar-refractivity contribution in [3.63, 3.8) is 0 Å². The predicted octanol–water partition coefficient (Wildman–Crippen LogP) is 7.94. The third kappa shape index (κ3) is 7.51. The van der Waals surface area contributed by atoms with Crippen LogP contribution < -0.4 is 19.7 Å². The molecule has 252 valence electrons. The molecule has 1 amide bonds. The normalized spacial score (nSPS) is 13.8. The summed E-state index contributed by atoms with van der Waals surface area (Å²) in [5.41, 5.74) is 4.21. The Balaban J connectivity index is 1.39. The number of fused-ring (bicyclic) bond motifs is 1. The molecule has 0 aliphatic carbocycles. The fourth-order valence-electron chi connectivity index (χ4n) is 5.53. The monoisotopic (exact) mass is 652 g/mol. The maximum absolute atomic E-state index is 12.6. The summed E-state index contributed by atoms with van der Waals surface area (Å²) in [6.07, 6.45) is 7.63. The molecule has 1 atom stereocenters. The van der Waals surface area contributed by atoms with Crippen molar-refractivity contribution in [2.75, 3.05) is 44.0 Å². The molecule has 2 aromatic heterocycles. The summed E-state index contributed by atoms with van der Waals surface area (Å²) >= 11 is 0. The average molecular weight is 653 g/mol. The van der Waals surface area contributed by atoms with Gasteiger partial charge in [0.15, 0.2) is 6.20 Å². The molecule has 1 N–H and O–H groups in total. The molecule has 2 aromatic carbocycles. The Morgan fingerprint density at radius 2 is 1.98 bits per heavy atom. The van der Waals surface area contributed by atoms with Gasteiger partial charge in [0.25, 0.3) is 0 Å². The first-order chi connectivity index (χ1) is 22.9. The smallest absolute Gasteiger partial charge is 0.410 e. The van der Waals surface area contributed by atoms with E-state index in [1.54, 1.807) is 18.2 Å². The fraction of sp³-hybridized carbons (Fsp3) is 0.378. The Morgan fingerprint density at radius 1 is 1.19 bits per heavy atom. The third-order valence-corrected chi connectivity index (χ3v) is 8.34. The summed E-state index contributed by atoms with van der Waals surface area (Å²) in [5, 5.41) is 4.16. The fourth-order valence-corrected chi connectivity index (χ4v) is 5.53. The number of aromatic nitrogens is 3. The standard InChI is InChI=1S/C37H46N7O4/c1-10-24(3)28-21-27(13-14-30(28)42(8)11-2)47-31-15-12-26(20-25(31)4)41-34-32-29(39-23-40-34)22-38-35(33(32)46-9)43-16-18-44(19-17-43)36(45)48-37(5,6)7/h11-16,20-24H,2,10,17-19H2,1,3-9H3,(H,39,40,41)/q+1. The van der Waals surface area contributed by atoms with Gasteiger partial charge in [-0.15, -0.1) is 0 Å². The molecule has 1 aliphatic rings. The minimum Gasteiger partial charge on any atom is -0.489 e. The lowest BCUT2D eigenvalue weighted by Gasteiger charge is -2.28. The number of pyridine rings is 1. The van der Waals surface area contributed by atoms with E-state index in [4.69, 9.17) is 14.2 Å². The number of ether oxygens (including phenoxy) is 3. The van der Waals surface area contributed by atoms with Crippen LogP contribution in [0.1, 0.15) is 58.1 Å². The molecule has 48 heavy (non-hydrogen) atoms. The second kappa shape index (κ2) is 14.3. The lowest BCUT2D eigenvalue weighted by atomic mass is 9.96. The second-order valence-corrected chi connectivity index (χ2v) is 12.9. The molecule has 0 radical (unpaired) electrons. The van der Waals surface area contributed by atoms with Gasteiger partial charge in [-0.3, -0.25) is 4.90 Å². The van der Waals surface area contributed by atoms with Gasteiger partial charge in [-0.2, -0.15) is 0 Å². The quantitative estimate of drug-likeness (QED) is 0.171. The highest BCUT2D eigenvalue weighted by molar-refractivity contribution is 5.97. The summed E-state index contributed by atoms with van der Waals surface area (Å²) in [6.45, 7) is 17.3. The molecule has 5 rings (SSSR count). The van der Waals surface area contributed by atoms with Crippen LogP contribution in [0.5, 0.6) is 17.2 Å². The SMILES string of the molecule is C=CN(C)c1ccc(Oc2ccc(Nc3ncnc4cnc([N+]5=CCN(C(=O)OC(C)(C)C)CC5)c(OC)c34)cc2C)cc1C(C)CC. The topological polar surface area (TPSA) is 105 Å². The minimum absolute atomic E-state index is 0.339. The van der Waals surface area contributed by atoms with Gasteiger partial charge in [0.2, 0.25) is 5.75 Å². The van der Waals surface area contributed by atoms with E-state index in [1.807, 2.05) is 80.9 Å². The number of methoxy groups -OCH3 is 1. The van der Waals surface area contributed by atoms with Crippen molar-refractivity contribution >= 4 is 46.2 Å². The van der Waals surface area contributed by atoms with Crippen molar-refractivity contribution in [2.24, 2.45) is 0 Å². The molecule has 11 nitrogen and oxygen atoms in total. The van der Waals surface area contributed by atoms with Crippen LogP contribution in [0.25, 0.3) is 10.9 Å². The zero-order chi connectivity index (χ0) is 34.6. The largest absolute Gasteiger partial charge is 0.489 e. The maximum Gasteiger partial charge on any atom is 0.410 e. The van der Waals surface area contributed by atoms with Crippen molar-refractivity contribution in [1.29, 1.82) is 0 Å². The Labute approximate surface area is 282 Å². The number of anilines is 3. The molecule has 11 heteroatoms. The van der Waals surface area contributed by atoms with Gasteiger partial charge < -0.3 is 24.4 Å². The van der Waals surface area contributed by atoms with Crippen molar-refractivity contribution in [2.45, 2.75) is 59.5 Å². The zero-order valence-corrected chi connectivity index (χ0v) is 29.2. The maximum atomic E-state index is 12.6. The van der Waals surface area contributed by atoms with E-state index >= 15 is 0 Å². The van der Waals surface area contributed by atoms with E-state index < -0.39 is 5.60 Å². The summed E-state index contributed by atoms with van der Waals surface area (Å²) in [4.78, 5) is 30.0. The zero-order valence-electron chi connectivity index (χ0n) is 29.2. The van der Waals surface area contributed by atoms with Crippen LogP contribution in [0, 0.1) is 6.92 Å². The van der Waals surface area contributed by atoms with E-state index in [-0.39, 0.29) is 6.09 Å². The van der Waals surface area contributed by atoms with Crippen LogP contribution in [0.4, 0.5) is 27.8 Å². The van der Waals surface area contributed by atoms with Gasteiger partial charge in [-0.25, -0.2) is 19.3 Å². The number of amides is 1. The first kappa shape index (κ1) is 34.2. The summed E-state index contributed by atoms with van der Waals surface area (Å²) in [5.74, 6) is 3.66. The van der Waals surface area contributed by atoms with Crippen molar-refractivity contribution in [1.82, 2.24) is 19.9 Å². The average Bonchev–Trinajstić information content (AvgIpc) is 3.07. The number of nitrogens with zero attached hydrogens (tertiary/aromatic N) is 6. The highest BCUT2D eigenvalue weighted by Gasteiger charge is 2.30. The van der Waals surface area contributed by atoms with Gasteiger partial charge in [0.05, 0.1) is 31.8 Å². The van der Waals surface area contributed by atoms with Crippen LogP contribution in [-0.2, 0) is 4.74 Å². The van der Waals surface area contributed by atoms with Gasteiger partial charge in [0.1, 0.15) is 41.3 Å². The predicted molar refractivity (Wildman–Crippen MR) is 191 cm³/mol. The van der Waals surface area contributed by atoms with E-state index in [2.05, 4.69) is 52.8 Å². The molecule has 0 saturated carbocycles. The number of rotatable bonds is 10. The van der Waals surface area contributed by atoms with Crippen LogP contribution in [0.3, 0.4) is 0 Å². The number of carbonyl (C=O) groups excluding carboxylic acids is 1. The number of benzene rings is 2. The Morgan fingerprint density at radius 3 is 2.62 bits per heavy atom. The number of hydrogen-bond donors (Lipinski definition) is 1. The van der Waals surface area contributed by atoms with Crippen LogP contribution in [0.15, 0.2) is 61.7 Å². The van der Waals surface area contributed by atoms with E-state index in [9.17, 15) is 4.79 Å². The molecule has 1 unspecified atom stereocenters. The molecule has 1 aliphatic heterocycles.